The molecule has 2 aromatic rings. The molecule has 6 nitrogen and oxygen atoms in total. The summed E-state index contributed by atoms with van der Waals surface area (Å²) in [7, 11) is 0. The maximum atomic E-state index is 13.3. The number of aliphatic hydroxyl groups is 1. The van der Waals surface area contributed by atoms with Crippen LogP contribution in [0.15, 0.2) is 36.4 Å². The molecular weight excluding hydrogens is 373 g/mol. The Labute approximate surface area is 169 Å². The fourth-order valence-corrected chi connectivity index (χ4v) is 3.54. The van der Waals surface area contributed by atoms with E-state index >= 15 is 0 Å². The summed E-state index contributed by atoms with van der Waals surface area (Å²) >= 11 is 0. The first kappa shape index (κ1) is 21.2. The van der Waals surface area contributed by atoms with Crippen LogP contribution in [0.1, 0.15) is 32.8 Å². The molecule has 1 aliphatic heterocycles. The van der Waals surface area contributed by atoms with Crippen molar-refractivity contribution in [1.82, 2.24) is 10.2 Å². The third-order valence-corrected chi connectivity index (χ3v) is 5.40. The third kappa shape index (κ3) is 4.74. The van der Waals surface area contributed by atoms with Crippen LogP contribution in [0.4, 0.5) is 4.39 Å². The Kier molecular flexibility index (Phi) is 5.91. The van der Waals surface area contributed by atoms with Crippen LogP contribution in [0.2, 0.25) is 0 Å². The summed E-state index contributed by atoms with van der Waals surface area (Å²) in [5.41, 5.74) is 6.49. The lowest BCUT2D eigenvalue weighted by atomic mass is 9.86. The van der Waals surface area contributed by atoms with Crippen LogP contribution in [-0.2, 0) is 16.1 Å². The van der Waals surface area contributed by atoms with E-state index < -0.39 is 23.6 Å². The van der Waals surface area contributed by atoms with Crippen LogP contribution >= 0.6 is 0 Å². The minimum Gasteiger partial charge on any atom is -0.391 e. The van der Waals surface area contributed by atoms with Gasteiger partial charge in [0, 0.05) is 19.5 Å². The van der Waals surface area contributed by atoms with Crippen molar-refractivity contribution in [3.05, 3.63) is 47.8 Å². The van der Waals surface area contributed by atoms with Gasteiger partial charge < -0.3 is 21.1 Å². The van der Waals surface area contributed by atoms with Gasteiger partial charge in [-0.05, 0) is 39.9 Å². The second-order valence-corrected chi connectivity index (χ2v) is 8.78. The monoisotopic (exact) mass is 401 g/mol. The number of hydrogen-bond donors (Lipinski definition) is 3. The first-order chi connectivity index (χ1) is 13.6. The van der Waals surface area contributed by atoms with Gasteiger partial charge in [0.25, 0.3) is 0 Å². The van der Waals surface area contributed by atoms with Gasteiger partial charge in [0.1, 0.15) is 11.9 Å². The van der Waals surface area contributed by atoms with Gasteiger partial charge in [-0.2, -0.15) is 0 Å². The van der Waals surface area contributed by atoms with Gasteiger partial charge in [-0.15, -0.1) is 0 Å². The van der Waals surface area contributed by atoms with Crippen molar-refractivity contribution >= 4 is 22.6 Å². The number of nitrogens with zero attached hydrogens (tertiary/aromatic N) is 1. The van der Waals surface area contributed by atoms with E-state index in [4.69, 9.17) is 5.73 Å². The highest BCUT2D eigenvalue weighted by Gasteiger charge is 2.42. The number of benzene rings is 2. The number of nitrogens with one attached hydrogen (secondary N) is 1. The second-order valence-electron chi connectivity index (χ2n) is 8.78. The first-order valence-electron chi connectivity index (χ1n) is 9.76. The minimum atomic E-state index is -0.760. The van der Waals surface area contributed by atoms with Gasteiger partial charge in [-0.25, -0.2) is 4.39 Å². The number of hydrogen-bond acceptors (Lipinski definition) is 4. The van der Waals surface area contributed by atoms with Crippen molar-refractivity contribution in [2.75, 3.05) is 6.54 Å². The van der Waals surface area contributed by atoms with Crippen molar-refractivity contribution in [2.45, 2.75) is 51.9 Å². The van der Waals surface area contributed by atoms with Crippen LogP contribution in [0.5, 0.6) is 0 Å². The lowest BCUT2D eigenvalue weighted by Gasteiger charge is -2.32. The van der Waals surface area contributed by atoms with Crippen LogP contribution in [0.25, 0.3) is 10.8 Å². The van der Waals surface area contributed by atoms with Crippen molar-refractivity contribution in [3.63, 3.8) is 0 Å². The number of β-amino-alcohol motifs (C(OH)–C–C–N with tert-alkyl or cyclic N) is 1. The Hall–Kier alpha value is -2.51. The predicted molar refractivity (Wildman–Crippen MR) is 109 cm³/mol. The molecule has 1 fully saturated rings. The SMILES string of the molecule is CC(C)(C)[C@H](N)C(=O)N1C[C@H](O)C[C@H]1C(=O)NCc1ccc2cc(F)ccc2c1. The average Bonchev–Trinajstić information content (AvgIpc) is 3.06. The zero-order valence-electron chi connectivity index (χ0n) is 17.0. The number of nitrogens with two attached hydrogens (primary N) is 1. The summed E-state index contributed by atoms with van der Waals surface area (Å²) in [4.78, 5) is 26.9. The third-order valence-electron chi connectivity index (χ3n) is 5.40. The fourth-order valence-electron chi connectivity index (χ4n) is 3.54. The second kappa shape index (κ2) is 8.08. The molecule has 3 rings (SSSR count). The molecule has 0 bridgehead atoms. The number of amides is 2. The van der Waals surface area contributed by atoms with E-state index in [0.717, 1.165) is 16.3 Å². The van der Waals surface area contributed by atoms with Gasteiger partial charge in [-0.3, -0.25) is 9.59 Å². The van der Waals surface area contributed by atoms with E-state index in [0.29, 0.717) is 0 Å². The average molecular weight is 401 g/mol. The molecule has 0 aliphatic carbocycles. The molecule has 156 valence electrons. The summed E-state index contributed by atoms with van der Waals surface area (Å²) in [6, 6.07) is 8.55. The first-order valence-corrected chi connectivity index (χ1v) is 9.76. The molecule has 0 aromatic heterocycles. The van der Waals surface area contributed by atoms with E-state index in [2.05, 4.69) is 5.32 Å². The van der Waals surface area contributed by atoms with E-state index in [-0.39, 0.29) is 37.1 Å². The molecule has 2 amide bonds. The molecule has 0 radical (unpaired) electrons. The zero-order valence-corrected chi connectivity index (χ0v) is 17.0. The topological polar surface area (TPSA) is 95.7 Å². The lowest BCUT2D eigenvalue weighted by Crippen LogP contribution is -2.54. The van der Waals surface area contributed by atoms with Gasteiger partial charge in [0.15, 0.2) is 0 Å². The number of likely N-dealkylation sites (tertiary alicyclic amines) is 1. The zero-order chi connectivity index (χ0) is 21.3. The Balaban J connectivity index is 1.68. The van der Waals surface area contributed by atoms with Crippen molar-refractivity contribution in [2.24, 2.45) is 11.1 Å². The molecule has 1 saturated heterocycles. The lowest BCUT2D eigenvalue weighted by molar-refractivity contribution is -0.141. The van der Waals surface area contributed by atoms with Crippen LogP contribution in [-0.4, -0.2) is 46.6 Å². The van der Waals surface area contributed by atoms with Crippen LogP contribution in [0.3, 0.4) is 0 Å². The van der Waals surface area contributed by atoms with Gasteiger partial charge in [0.05, 0.1) is 12.1 Å². The van der Waals surface area contributed by atoms with E-state index in [1.54, 1.807) is 12.1 Å². The molecule has 2 aromatic carbocycles. The molecule has 0 spiro atoms. The van der Waals surface area contributed by atoms with Gasteiger partial charge in [0.2, 0.25) is 11.8 Å². The molecule has 1 heterocycles. The largest absolute Gasteiger partial charge is 0.391 e. The van der Waals surface area contributed by atoms with Crippen LogP contribution < -0.4 is 11.1 Å². The molecule has 29 heavy (non-hydrogen) atoms. The summed E-state index contributed by atoms with van der Waals surface area (Å²) in [5, 5.41) is 14.5. The highest BCUT2D eigenvalue weighted by molar-refractivity contribution is 5.91. The molecule has 3 atom stereocenters. The molecule has 1 aliphatic rings. The van der Waals surface area contributed by atoms with Crippen molar-refractivity contribution in [1.29, 1.82) is 0 Å². The summed E-state index contributed by atoms with van der Waals surface area (Å²) < 4.78 is 13.3. The standard InChI is InChI=1S/C22H28FN3O3/c1-22(2,3)19(24)21(29)26-12-17(27)10-18(26)20(28)25-11-13-4-5-15-9-16(23)7-6-14(15)8-13/h4-9,17-19,27H,10-12,24H2,1-3H3,(H,25,28)/t17-,18+,19-/m1/s1. The van der Waals surface area contributed by atoms with Gasteiger partial charge >= 0.3 is 0 Å². The fraction of sp³-hybridized carbons (Fsp3) is 0.455. The molecular formula is C22H28FN3O3. The Morgan fingerprint density at radius 1 is 1.24 bits per heavy atom. The van der Waals surface area contributed by atoms with E-state index in [9.17, 15) is 19.1 Å². The summed E-state index contributed by atoms with van der Waals surface area (Å²) in [6.07, 6.45) is -0.566. The summed E-state index contributed by atoms with van der Waals surface area (Å²) in [6.45, 7) is 5.96. The Morgan fingerprint density at radius 3 is 2.59 bits per heavy atom. The molecule has 0 unspecified atom stereocenters. The number of carbonyl (C=O) groups is 2. The number of aliphatic hydroxyl groups excluding tert-OH is 1. The Morgan fingerprint density at radius 2 is 1.90 bits per heavy atom. The Bertz CT molecular complexity index is 925. The minimum absolute atomic E-state index is 0.0994. The quantitative estimate of drug-likeness (QED) is 0.730. The van der Waals surface area contributed by atoms with Gasteiger partial charge in [-0.1, -0.05) is 39.0 Å². The normalized spacial score (nSPS) is 20.7. The smallest absolute Gasteiger partial charge is 0.243 e. The molecule has 4 N–H and O–H groups in total. The van der Waals surface area contributed by atoms with Crippen molar-refractivity contribution in [3.8, 4) is 0 Å². The summed E-state index contributed by atoms with van der Waals surface area (Å²) in [5.74, 6) is -0.950. The van der Waals surface area contributed by atoms with Crippen molar-refractivity contribution < 1.29 is 19.1 Å². The maximum absolute atomic E-state index is 13.3. The highest BCUT2D eigenvalue weighted by Crippen LogP contribution is 2.25. The number of halogens is 1. The molecule has 7 heteroatoms. The number of fused-ring (bicyclic) bond motifs is 1. The molecule has 0 saturated carbocycles. The van der Waals surface area contributed by atoms with Crippen LogP contribution in [0, 0.1) is 11.2 Å². The number of carbonyl (C=O) groups excluding carboxylic acids is 2. The highest BCUT2D eigenvalue weighted by atomic mass is 19.1. The number of rotatable bonds is 4. The maximum Gasteiger partial charge on any atom is 0.243 e. The van der Waals surface area contributed by atoms with E-state index in [1.165, 1.54) is 17.0 Å². The predicted octanol–water partition coefficient (Wildman–Crippen LogP) is 1.93. The van der Waals surface area contributed by atoms with E-state index in [1.807, 2.05) is 32.9 Å².